The normalized spacial score (nSPS) is 9.53. The fourth-order valence-corrected chi connectivity index (χ4v) is 1.26. The standard InChI is InChI=1S/C11H11FO3/c1-4-7-5-8(14-2)6-9(15-3)10(7)11(12)13/h4-6H,1H2,2-3H3. The van der Waals surface area contributed by atoms with Crippen molar-refractivity contribution in [2.75, 3.05) is 14.2 Å². The average molecular weight is 210 g/mol. The van der Waals surface area contributed by atoms with Crippen LogP contribution in [0.2, 0.25) is 0 Å². The minimum atomic E-state index is -1.55. The third-order valence-corrected chi connectivity index (χ3v) is 1.98. The Kier molecular flexibility index (Phi) is 3.44. The van der Waals surface area contributed by atoms with E-state index in [1.807, 2.05) is 0 Å². The van der Waals surface area contributed by atoms with E-state index in [0.717, 1.165) is 0 Å². The lowest BCUT2D eigenvalue weighted by Crippen LogP contribution is -2.00. The predicted molar refractivity (Wildman–Crippen MR) is 55.1 cm³/mol. The Hall–Kier alpha value is -1.84. The second-order valence-corrected chi connectivity index (χ2v) is 2.77. The molecule has 0 heterocycles. The summed E-state index contributed by atoms with van der Waals surface area (Å²) in [4.78, 5) is 10.8. The van der Waals surface area contributed by atoms with Crippen molar-refractivity contribution in [3.8, 4) is 11.5 Å². The number of methoxy groups -OCH3 is 2. The van der Waals surface area contributed by atoms with E-state index in [9.17, 15) is 9.18 Å². The highest BCUT2D eigenvalue weighted by molar-refractivity contribution is 5.96. The Morgan fingerprint density at radius 2 is 2.07 bits per heavy atom. The maximum Gasteiger partial charge on any atom is 0.336 e. The van der Waals surface area contributed by atoms with Crippen molar-refractivity contribution in [1.82, 2.24) is 0 Å². The van der Waals surface area contributed by atoms with Crippen LogP contribution in [-0.4, -0.2) is 20.3 Å². The first kappa shape index (κ1) is 11.2. The zero-order chi connectivity index (χ0) is 11.4. The number of hydrogen-bond donors (Lipinski definition) is 0. The number of ether oxygens (including phenoxy) is 2. The number of rotatable bonds is 4. The largest absolute Gasteiger partial charge is 0.497 e. The molecule has 0 saturated heterocycles. The fraction of sp³-hybridized carbons (Fsp3) is 0.182. The van der Waals surface area contributed by atoms with Crippen LogP contribution < -0.4 is 9.47 Å². The number of hydrogen-bond acceptors (Lipinski definition) is 3. The highest BCUT2D eigenvalue weighted by Crippen LogP contribution is 2.30. The molecule has 80 valence electrons. The second kappa shape index (κ2) is 4.59. The van der Waals surface area contributed by atoms with Gasteiger partial charge < -0.3 is 9.47 Å². The molecule has 1 aromatic rings. The van der Waals surface area contributed by atoms with Crippen LogP contribution in [0.5, 0.6) is 11.5 Å². The number of halogens is 1. The maximum absolute atomic E-state index is 12.8. The quantitative estimate of drug-likeness (QED) is 0.716. The topological polar surface area (TPSA) is 35.5 Å². The second-order valence-electron chi connectivity index (χ2n) is 2.77. The van der Waals surface area contributed by atoms with Crippen molar-refractivity contribution in [3.63, 3.8) is 0 Å². The molecule has 3 nitrogen and oxygen atoms in total. The number of carbonyl (C=O) groups excluding carboxylic acids is 1. The van der Waals surface area contributed by atoms with Gasteiger partial charge in [-0.05, 0) is 11.6 Å². The van der Waals surface area contributed by atoms with Crippen LogP contribution in [0.4, 0.5) is 4.39 Å². The van der Waals surface area contributed by atoms with Gasteiger partial charge in [0.15, 0.2) is 0 Å². The van der Waals surface area contributed by atoms with Crippen LogP contribution in [-0.2, 0) is 0 Å². The van der Waals surface area contributed by atoms with E-state index in [0.29, 0.717) is 11.3 Å². The molecule has 1 rings (SSSR count). The zero-order valence-corrected chi connectivity index (χ0v) is 8.54. The van der Waals surface area contributed by atoms with Crippen molar-refractivity contribution in [1.29, 1.82) is 0 Å². The lowest BCUT2D eigenvalue weighted by atomic mass is 10.1. The first-order valence-electron chi connectivity index (χ1n) is 4.22. The molecule has 0 unspecified atom stereocenters. The average Bonchev–Trinajstić information content (AvgIpc) is 2.26. The summed E-state index contributed by atoms with van der Waals surface area (Å²) in [6.45, 7) is 3.49. The first-order chi connectivity index (χ1) is 7.13. The van der Waals surface area contributed by atoms with Crippen LogP contribution in [0.15, 0.2) is 18.7 Å². The molecular weight excluding hydrogens is 199 g/mol. The third kappa shape index (κ3) is 2.15. The van der Waals surface area contributed by atoms with E-state index in [2.05, 4.69) is 6.58 Å². The smallest absolute Gasteiger partial charge is 0.336 e. The summed E-state index contributed by atoms with van der Waals surface area (Å²) >= 11 is 0. The summed E-state index contributed by atoms with van der Waals surface area (Å²) in [5.74, 6) is 0.614. The molecule has 0 radical (unpaired) electrons. The summed E-state index contributed by atoms with van der Waals surface area (Å²) < 4.78 is 22.6. The van der Waals surface area contributed by atoms with Gasteiger partial charge in [0.1, 0.15) is 17.1 Å². The molecule has 0 fully saturated rings. The number of benzene rings is 1. The Balaban J connectivity index is 3.46. The van der Waals surface area contributed by atoms with Gasteiger partial charge in [-0.15, -0.1) is 0 Å². The Morgan fingerprint density at radius 3 is 2.47 bits per heavy atom. The lowest BCUT2D eigenvalue weighted by Gasteiger charge is -2.10. The summed E-state index contributed by atoms with van der Waals surface area (Å²) in [5, 5.41) is 0. The number of carbonyl (C=O) groups is 1. The molecule has 0 spiro atoms. The lowest BCUT2D eigenvalue weighted by molar-refractivity contribution is 0.0832. The van der Waals surface area contributed by atoms with Gasteiger partial charge in [-0.1, -0.05) is 12.7 Å². The molecule has 15 heavy (non-hydrogen) atoms. The van der Waals surface area contributed by atoms with Crippen molar-refractivity contribution in [3.05, 3.63) is 29.8 Å². The van der Waals surface area contributed by atoms with E-state index in [1.165, 1.54) is 32.4 Å². The molecular formula is C11H11FO3. The Labute approximate surface area is 87.1 Å². The molecule has 0 saturated carbocycles. The van der Waals surface area contributed by atoms with Crippen LogP contribution in [0.3, 0.4) is 0 Å². The van der Waals surface area contributed by atoms with Gasteiger partial charge in [-0.2, -0.15) is 4.39 Å². The van der Waals surface area contributed by atoms with Crippen molar-refractivity contribution >= 4 is 12.1 Å². The fourth-order valence-electron chi connectivity index (χ4n) is 1.26. The third-order valence-electron chi connectivity index (χ3n) is 1.98. The highest BCUT2D eigenvalue weighted by atomic mass is 19.1. The van der Waals surface area contributed by atoms with Gasteiger partial charge in [0.2, 0.25) is 0 Å². The Bertz CT molecular complexity index is 399. The van der Waals surface area contributed by atoms with Gasteiger partial charge in [0, 0.05) is 6.07 Å². The van der Waals surface area contributed by atoms with Crippen LogP contribution in [0, 0.1) is 0 Å². The molecule has 0 aromatic heterocycles. The summed E-state index contributed by atoms with van der Waals surface area (Å²) in [7, 11) is 2.83. The monoisotopic (exact) mass is 210 g/mol. The van der Waals surface area contributed by atoms with E-state index >= 15 is 0 Å². The van der Waals surface area contributed by atoms with E-state index in [1.54, 1.807) is 0 Å². The molecule has 0 N–H and O–H groups in total. The zero-order valence-electron chi connectivity index (χ0n) is 8.54. The highest BCUT2D eigenvalue weighted by Gasteiger charge is 2.17. The maximum atomic E-state index is 12.8. The predicted octanol–water partition coefficient (Wildman–Crippen LogP) is 2.46. The van der Waals surface area contributed by atoms with E-state index < -0.39 is 6.04 Å². The van der Waals surface area contributed by atoms with Crippen LogP contribution in [0.25, 0.3) is 6.08 Å². The SMILES string of the molecule is C=Cc1cc(OC)cc(OC)c1C(=O)F. The Morgan fingerprint density at radius 1 is 1.40 bits per heavy atom. The molecule has 0 aliphatic carbocycles. The van der Waals surface area contributed by atoms with Gasteiger partial charge in [0.25, 0.3) is 0 Å². The van der Waals surface area contributed by atoms with Gasteiger partial charge in [-0.25, -0.2) is 0 Å². The van der Waals surface area contributed by atoms with Gasteiger partial charge in [0.05, 0.1) is 14.2 Å². The molecule has 0 atom stereocenters. The van der Waals surface area contributed by atoms with E-state index in [-0.39, 0.29) is 11.3 Å². The van der Waals surface area contributed by atoms with Crippen molar-refractivity contribution in [2.24, 2.45) is 0 Å². The molecule has 0 aliphatic heterocycles. The summed E-state index contributed by atoms with van der Waals surface area (Å²) in [5.41, 5.74) is 0.215. The summed E-state index contributed by atoms with van der Waals surface area (Å²) in [6, 6.07) is 1.41. The molecule has 0 bridgehead atoms. The first-order valence-corrected chi connectivity index (χ1v) is 4.22. The van der Waals surface area contributed by atoms with Crippen LogP contribution >= 0.6 is 0 Å². The molecule has 4 heteroatoms. The minimum Gasteiger partial charge on any atom is -0.497 e. The summed E-state index contributed by atoms with van der Waals surface area (Å²) in [6.07, 6.45) is 1.37. The van der Waals surface area contributed by atoms with Gasteiger partial charge in [-0.3, -0.25) is 4.79 Å². The molecule has 1 aromatic carbocycles. The van der Waals surface area contributed by atoms with Crippen molar-refractivity contribution in [2.45, 2.75) is 0 Å². The van der Waals surface area contributed by atoms with Crippen LogP contribution in [0.1, 0.15) is 15.9 Å². The van der Waals surface area contributed by atoms with Crippen molar-refractivity contribution < 1.29 is 18.7 Å². The van der Waals surface area contributed by atoms with E-state index in [4.69, 9.17) is 9.47 Å². The van der Waals surface area contributed by atoms with Gasteiger partial charge >= 0.3 is 6.04 Å². The minimum absolute atomic E-state index is 0.131. The molecule has 0 aliphatic rings. The molecule has 0 amide bonds.